The minimum atomic E-state index is -0.303. The molecule has 1 unspecified atom stereocenters. The maximum Gasteiger partial charge on any atom is 0.410 e. The van der Waals surface area contributed by atoms with Crippen molar-refractivity contribution in [3.05, 3.63) is 35.4 Å². The molecule has 1 aromatic carbocycles. The number of hydrogen-bond acceptors (Lipinski definition) is 3. The standard InChI is InChI=1S/C16H22N2O3/c1-11(2)18-10-14(21-16(18)20)9-17-15(19)8-13-7-5-4-6-12(13)3/h4-7,11,14H,8-10H2,1-3H3,(H,17,19). The molecule has 1 aromatic rings. The van der Waals surface area contributed by atoms with Gasteiger partial charge in [-0.15, -0.1) is 0 Å². The predicted molar refractivity (Wildman–Crippen MR) is 80.0 cm³/mol. The minimum absolute atomic E-state index is 0.0525. The molecular formula is C16H22N2O3. The van der Waals surface area contributed by atoms with Gasteiger partial charge < -0.3 is 15.0 Å². The number of rotatable bonds is 5. The first-order valence-electron chi connectivity index (χ1n) is 7.26. The summed E-state index contributed by atoms with van der Waals surface area (Å²) in [5, 5.41) is 2.84. The number of carbonyl (C=O) groups is 2. The van der Waals surface area contributed by atoms with Gasteiger partial charge in [0.25, 0.3) is 0 Å². The van der Waals surface area contributed by atoms with Crippen molar-refractivity contribution in [3.63, 3.8) is 0 Å². The lowest BCUT2D eigenvalue weighted by Crippen LogP contribution is -2.36. The van der Waals surface area contributed by atoms with Gasteiger partial charge in [-0.25, -0.2) is 4.79 Å². The van der Waals surface area contributed by atoms with Crippen LogP contribution in [0.5, 0.6) is 0 Å². The number of cyclic esters (lactones) is 1. The van der Waals surface area contributed by atoms with Gasteiger partial charge in [-0.1, -0.05) is 24.3 Å². The van der Waals surface area contributed by atoms with Crippen LogP contribution in [0.2, 0.25) is 0 Å². The van der Waals surface area contributed by atoms with Crippen molar-refractivity contribution < 1.29 is 14.3 Å². The number of aryl methyl sites for hydroxylation is 1. The number of nitrogens with one attached hydrogen (secondary N) is 1. The van der Waals surface area contributed by atoms with Crippen LogP contribution < -0.4 is 5.32 Å². The fraction of sp³-hybridized carbons (Fsp3) is 0.500. The lowest BCUT2D eigenvalue weighted by molar-refractivity contribution is -0.120. The third-order valence-electron chi connectivity index (χ3n) is 3.66. The Kier molecular flexibility index (Phi) is 4.83. The summed E-state index contributed by atoms with van der Waals surface area (Å²) in [4.78, 5) is 25.2. The van der Waals surface area contributed by atoms with Gasteiger partial charge in [0.05, 0.1) is 19.5 Å². The highest BCUT2D eigenvalue weighted by molar-refractivity contribution is 5.79. The number of ether oxygens (including phenoxy) is 1. The van der Waals surface area contributed by atoms with E-state index in [4.69, 9.17) is 4.74 Å². The summed E-state index contributed by atoms with van der Waals surface area (Å²) in [7, 11) is 0. The summed E-state index contributed by atoms with van der Waals surface area (Å²) in [6.45, 7) is 6.77. The Labute approximate surface area is 125 Å². The SMILES string of the molecule is Cc1ccccc1CC(=O)NCC1CN(C(C)C)C(=O)O1. The van der Waals surface area contributed by atoms with Crippen LogP contribution in [0.1, 0.15) is 25.0 Å². The second-order valence-corrected chi connectivity index (χ2v) is 5.66. The van der Waals surface area contributed by atoms with Gasteiger partial charge in [-0.05, 0) is 31.9 Å². The first-order valence-corrected chi connectivity index (χ1v) is 7.26. The van der Waals surface area contributed by atoms with E-state index in [1.165, 1.54) is 0 Å². The topological polar surface area (TPSA) is 58.6 Å². The van der Waals surface area contributed by atoms with Crippen molar-refractivity contribution in [3.8, 4) is 0 Å². The highest BCUT2D eigenvalue weighted by Gasteiger charge is 2.32. The number of amides is 2. The van der Waals surface area contributed by atoms with Gasteiger partial charge in [-0.2, -0.15) is 0 Å². The Hall–Kier alpha value is -2.04. The molecule has 1 aliphatic rings. The average molecular weight is 290 g/mol. The molecule has 1 fully saturated rings. The molecule has 1 heterocycles. The van der Waals surface area contributed by atoms with Gasteiger partial charge in [0, 0.05) is 6.04 Å². The van der Waals surface area contributed by atoms with Crippen LogP contribution in [0.3, 0.4) is 0 Å². The van der Waals surface area contributed by atoms with Crippen LogP contribution in [0.4, 0.5) is 4.79 Å². The molecule has 1 N–H and O–H groups in total. The molecule has 0 aromatic heterocycles. The minimum Gasteiger partial charge on any atom is -0.442 e. The Morgan fingerprint density at radius 3 is 2.76 bits per heavy atom. The Morgan fingerprint density at radius 2 is 2.14 bits per heavy atom. The van der Waals surface area contributed by atoms with Gasteiger partial charge >= 0.3 is 6.09 Å². The van der Waals surface area contributed by atoms with E-state index in [9.17, 15) is 9.59 Å². The quantitative estimate of drug-likeness (QED) is 0.901. The number of hydrogen-bond donors (Lipinski definition) is 1. The molecule has 1 aliphatic heterocycles. The molecule has 21 heavy (non-hydrogen) atoms. The molecule has 0 aliphatic carbocycles. The summed E-state index contributed by atoms with van der Waals surface area (Å²) in [6.07, 6.45) is -0.217. The first kappa shape index (κ1) is 15.4. The van der Waals surface area contributed by atoms with Gasteiger partial charge in [0.2, 0.25) is 5.91 Å². The molecule has 0 bridgehead atoms. The first-order chi connectivity index (χ1) is 9.97. The molecule has 2 rings (SSSR count). The zero-order chi connectivity index (χ0) is 15.4. The Bertz CT molecular complexity index is 528. The van der Waals surface area contributed by atoms with Crippen LogP contribution in [0, 0.1) is 6.92 Å². The van der Waals surface area contributed by atoms with Crippen molar-refractivity contribution in [1.29, 1.82) is 0 Å². The van der Waals surface area contributed by atoms with E-state index in [1.54, 1.807) is 4.90 Å². The summed E-state index contributed by atoms with van der Waals surface area (Å²) < 4.78 is 5.23. The normalized spacial score (nSPS) is 18.0. The van der Waals surface area contributed by atoms with E-state index in [1.807, 2.05) is 45.0 Å². The van der Waals surface area contributed by atoms with E-state index in [-0.39, 0.29) is 24.1 Å². The van der Waals surface area contributed by atoms with Crippen molar-refractivity contribution in [2.75, 3.05) is 13.1 Å². The molecule has 0 saturated carbocycles. The van der Waals surface area contributed by atoms with Crippen LogP contribution in [0.25, 0.3) is 0 Å². The molecule has 5 nitrogen and oxygen atoms in total. The third-order valence-corrected chi connectivity index (χ3v) is 3.66. The maximum absolute atomic E-state index is 12.0. The molecule has 0 radical (unpaired) electrons. The number of nitrogens with zero attached hydrogens (tertiary/aromatic N) is 1. The summed E-state index contributed by atoms with van der Waals surface area (Å²) in [5.74, 6) is -0.0525. The van der Waals surface area contributed by atoms with Crippen molar-refractivity contribution in [2.24, 2.45) is 0 Å². The fourth-order valence-corrected chi connectivity index (χ4v) is 2.34. The van der Waals surface area contributed by atoms with Crippen molar-refractivity contribution >= 4 is 12.0 Å². The lowest BCUT2D eigenvalue weighted by Gasteiger charge is -2.16. The van der Waals surface area contributed by atoms with Crippen LogP contribution in [-0.4, -0.2) is 42.1 Å². The molecular weight excluding hydrogens is 268 g/mol. The zero-order valence-electron chi connectivity index (χ0n) is 12.8. The van der Waals surface area contributed by atoms with Gasteiger partial charge in [0.15, 0.2) is 0 Å². The summed E-state index contributed by atoms with van der Waals surface area (Å²) in [6, 6.07) is 7.93. The molecule has 0 spiro atoms. The fourth-order valence-electron chi connectivity index (χ4n) is 2.34. The van der Waals surface area contributed by atoms with Crippen LogP contribution >= 0.6 is 0 Å². The zero-order valence-corrected chi connectivity index (χ0v) is 12.8. The van der Waals surface area contributed by atoms with E-state index in [2.05, 4.69) is 5.32 Å². The van der Waals surface area contributed by atoms with Crippen molar-refractivity contribution in [1.82, 2.24) is 10.2 Å². The third kappa shape index (κ3) is 3.97. The van der Waals surface area contributed by atoms with E-state index < -0.39 is 0 Å². The van der Waals surface area contributed by atoms with E-state index in [0.717, 1.165) is 11.1 Å². The van der Waals surface area contributed by atoms with Gasteiger partial charge in [-0.3, -0.25) is 4.79 Å². The molecule has 1 atom stereocenters. The highest BCUT2D eigenvalue weighted by atomic mass is 16.6. The maximum atomic E-state index is 12.0. The highest BCUT2D eigenvalue weighted by Crippen LogP contribution is 2.14. The van der Waals surface area contributed by atoms with Crippen LogP contribution in [0.15, 0.2) is 24.3 Å². The monoisotopic (exact) mass is 290 g/mol. The van der Waals surface area contributed by atoms with E-state index in [0.29, 0.717) is 19.5 Å². The Balaban J connectivity index is 1.80. The number of carbonyl (C=O) groups excluding carboxylic acids is 2. The molecule has 114 valence electrons. The second kappa shape index (κ2) is 6.61. The lowest BCUT2D eigenvalue weighted by atomic mass is 10.1. The smallest absolute Gasteiger partial charge is 0.410 e. The van der Waals surface area contributed by atoms with E-state index >= 15 is 0 Å². The molecule has 2 amide bonds. The van der Waals surface area contributed by atoms with Crippen LogP contribution in [-0.2, 0) is 16.0 Å². The molecule has 1 saturated heterocycles. The second-order valence-electron chi connectivity index (χ2n) is 5.66. The largest absolute Gasteiger partial charge is 0.442 e. The number of benzene rings is 1. The molecule has 5 heteroatoms. The predicted octanol–water partition coefficient (Wildman–Crippen LogP) is 1.88. The van der Waals surface area contributed by atoms with Crippen molar-refractivity contribution in [2.45, 2.75) is 39.3 Å². The van der Waals surface area contributed by atoms with Gasteiger partial charge in [0.1, 0.15) is 6.10 Å². The average Bonchev–Trinajstić information content (AvgIpc) is 2.80. The Morgan fingerprint density at radius 1 is 1.43 bits per heavy atom. The summed E-state index contributed by atoms with van der Waals surface area (Å²) >= 11 is 0. The summed E-state index contributed by atoms with van der Waals surface area (Å²) in [5.41, 5.74) is 2.12.